The normalized spacial score (nSPS) is 11.3. The number of thiophene rings is 1. The van der Waals surface area contributed by atoms with Gasteiger partial charge in [-0.05, 0) is 42.7 Å². The summed E-state index contributed by atoms with van der Waals surface area (Å²) in [5.74, 6) is 0.808. The zero-order chi connectivity index (χ0) is 18.4. The van der Waals surface area contributed by atoms with E-state index in [9.17, 15) is 0 Å². The van der Waals surface area contributed by atoms with Crippen LogP contribution in [0, 0.1) is 13.8 Å². The van der Waals surface area contributed by atoms with Crippen LogP contribution in [-0.2, 0) is 0 Å². The van der Waals surface area contributed by atoms with Crippen LogP contribution in [0.25, 0.3) is 42.7 Å². The number of aryl methyl sites for hydroxylation is 2. The number of nitrogens with zero attached hydrogens (tertiary/aromatic N) is 2. The van der Waals surface area contributed by atoms with Gasteiger partial charge in [-0.25, -0.2) is 9.97 Å². The third-order valence-corrected chi connectivity index (χ3v) is 5.97. The van der Waals surface area contributed by atoms with Crippen LogP contribution in [0.2, 0.25) is 0 Å². The second-order valence-electron chi connectivity index (χ2n) is 6.85. The van der Waals surface area contributed by atoms with Gasteiger partial charge in [0.15, 0.2) is 0 Å². The molecule has 2 aromatic heterocycles. The molecule has 3 heteroatoms. The lowest BCUT2D eigenvalue weighted by molar-refractivity contribution is 1.10. The van der Waals surface area contributed by atoms with E-state index in [4.69, 9.17) is 9.97 Å². The summed E-state index contributed by atoms with van der Waals surface area (Å²) in [7, 11) is 0. The molecule has 0 aliphatic carbocycles. The van der Waals surface area contributed by atoms with Gasteiger partial charge < -0.3 is 0 Å². The summed E-state index contributed by atoms with van der Waals surface area (Å²) in [5.41, 5.74) is 6.90. The maximum Gasteiger partial charge on any atom is 0.126 e. The summed E-state index contributed by atoms with van der Waals surface area (Å²) in [6.45, 7) is 4.10. The van der Waals surface area contributed by atoms with E-state index in [1.165, 1.54) is 26.8 Å². The van der Waals surface area contributed by atoms with Crippen LogP contribution in [-0.4, -0.2) is 9.97 Å². The average Bonchev–Trinajstić information content (AvgIpc) is 3.05. The third-order valence-electron chi connectivity index (χ3n) is 4.82. The largest absolute Gasteiger partial charge is 0.232 e. The van der Waals surface area contributed by atoms with Crippen molar-refractivity contribution >= 4 is 31.6 Å². The van der Waals surface area contributed by atoms with E-state index < -0.39 is 0 Å². The van der Waals surface area contributed by atoms with Gasteiger partial charge in [0.05, 0.1) is 15.9 Å². The Balaban J connectivity index is 1.77. The van der Waals surface area contributed by atoms with Gasteiger partial charge in [-0.3, -0.25) is 0 Å². The molecule has 0 bridgehead atoms. The van der Waals surface area contributed by atoms with E-state index in [0.717, 1.165) is 27.3 Å². The van der Waals surface area contributed by atoms with Gasteiger partial charge >= 0.3 is 0 Å². The molecule has 130 valence electrons. The first-order valence-corrected chi connectivity index (χ1v) is 9.84. The van der Waals surface area contributed by atoms with Gasteiger partial charge in [0, 0.05) is 15.6 Å². The fourth-order valence-electron chi connectivity index (χ4n) is 3.53. The monoisotopic (exact) mass is 366 g/mol. The van der Waals surface area contributed by atoms with Crippen LogP contribution in [0.3, 0.4) is 0 Å². The molecule has 2 heterocycles. The second-order valence-corrected chi connectivity index (χ2v) is 7.90. The Labute approximate surface area is 162 Å². The summed E-state index contributed by atoms with van der Waals surface area (Å²) in [6.07, 6.45) is 0. The Morgan fingerprint density at radius 2 is 1.48 bits per heavy atom. The van der Waals surface area contributed by atoms with Gasteiger partial charge in [0.25, 0.3) is 0 Å². The number of benzene rings is 3. The minimum absolute atomic E-state index is 0.808. The van der Waals surface area contributed by atoms with Crippen molar-refractivity contribution in [3.63, 3.8) is 0 Å². The van der Waals surface area contributed by atoms with Crippen molar-refractivity contribution in [2.75, 3.05) is 0 Å². The smallest absolute Gasteiger partial charge is 0.126 e. The lowest BCUT2D eigenvalue weighted by Crippen LogP contribution is -1.92. The van der Waals surface area contributed by atoms with Gasteiger partial charge in [0.2, 0.25) is 0 Å². The molecule has 5 rings (SSSR count). The second kappa shape index (κ2) is 6.29. The molecule has 3 aromatic carbocycles. The topological polar surface area (TPSA) is 25.8 Å². The van der Waals surface area contributed by atoms with Gasteiger partial charge in [-0.1, -0.05) is 60.7 Å². The van der Waals surface area contributed by atoms with Crippen molar-refractivity contribution in [3.05, 3.63) is 84.2 Å². The number of aromatic nitrogens is 2. The van der Waals surface area contributed by atoms with Crippen molar-refractivity contribution < 1.29 is 0 Å². The zero-order valence-electron chi connectivity index (χ0n) is 15.2. The number of hydrogen-bond donors (Lipinski definition) is 0. The molecular weight excluding hydrogens is 348 g/mol. The quantitative estimate of drug-likeness (QED) is 0.343. The minimum atomic E-state index is 0.808. The summed E-state index contributed by atoms with van der Waals surface area (Å²) in [5, 5.41) is 1.21. The number of hydrogen-bond acceptors (Lipinski definition) is 3. The highest BCUT2D eigenvalue weighted by atomic mass is 32.1. The van der Waals surface area contributed by atoms with Crippen molar-refractivity contribution in [1.29, 1.82) is 0 Å². The maximum absolute atomic E-state index is 4.82. The van der Waals surface area contributed by atoms with Crippen molar-refractivity contribution in [1.82, 2.24) is 9.97 Å². The molecule has 0 fully saturated rings. The van der Waals surface area contributed by atoms with E-state index in [2.05, 4.69) is 73.7 Å². The highest BCUT2D eigenvalue weighted by Gasteiger charge is 2.15. The molecule has 0 N–H and O–H groups in total. The molecule has 0 aliphatic heterocycles. The summed E-state index contributed by atoms with van der Waals surface area (Å²) in [4.78, 5) is 9.58. The molecule has 0 spiro atoms. The van der Waals surface area contributed by atoms with Gasteiger partial charge in [-0.15, -0.1) is 11.3 Å². The standard InChI is InChI=1S/C24H18N2S/c1-15-11-12-20-21(13-15)27-24-22(25-16(2)26-23(20)24)19-10-6-9-18(14-19)17-7-4-3-5-8-17/h3-14H,1-2H3. The lowest BCUT2D eigenvalue weighted by atomic mass is 10.0. The van der Waals surface area contributed by atoms with E-state index in [1.54, 1.807) is 11.3 Å². The molecule has 0 atom stereocenters. The fraction of sp³-hybridized carbons (Fsp3) is 0.0833. The van der Waals surface area contributed by atoms with E-state index >= 15 is 0 Å². The predicted octanol–water partition coefficient (Wildman–Crippen LogP) is 6.80. The Bertz CT molecular complexity index is 1290. The predicted molar refractivity (Wildman–Crippen MR) is 115 cm³/mol. The molecule has 0 saturated heterocycles. The number of fused-ring (bicyclic) bond motifs is 3. The lowest BCUT2D eigenvalue weighted by Gasteiger charge is -2.07. The molecular formula is C24H18N2S. The molecule has 0 aliphatic rings. The average molecular weight is 366 g/mol. The molecule has 2 nitrogen and oxygen atoms in total. The Morgan fingerprint density at radius 3 is 2.33 bits per heavy atom. The zero-order valence-corrected chi connectivity index (χ0v) is 16.0. The SMILES string of the molecule is Cc1ccc2c(c1)sc1c(-c3cccc(-c4ccccc4)c3)nc(C)nc12. The Hall–Kier alpha value is -3.04. The van der Waals surface area contributed by atoms with Crippen molar-refractivity contribution in [2.24, 2.45) is 0 Å². The van der Waals surface area contributed by atoms with Crippen LogP contribution < -0.4 is 0 Å². The minimum Gasteiger partial charge on any atom is -0.232 e. The molecule has 0 radical (unpaired) electrons. The molecule has 5 aromatic rings. The van der Waals surface area contributed by atoms with Gasteiger partial charge in [0.1, 0.15) is 5.82 Å². The van der Waals surface area contributed by atoms with Crippen LogP contribution in [0.1, 0.15) is 11.4 Å². The van der Waals surface area contributed by atoms with Crippen LogP contribution in [0.5, 0.6) is 0 Å². The van der Waals surface area contributed by atoms with Crippen molar-refractivity contribution in [3.8, 4) is 22.4 Å². The van der Waals surface area contributed by atoms with E-state index in [1.807, 2.05) is 13.0 Å². The molecule has 27 heavy (non-hydrogen) atoms. The first-order valence-electron chi connectivity index (χ1n) is 9.02. The maximum atomic E-state index is 4.82. The fourth-order valence-corrected chi connectivity index (χ4v) is 4.79. The first kappa shape index (κ1) is 16.2. The molecule has 0 unspecified atom stereocenters. The summed E-state index contributed by atoms with van der Waals surface area (Å²) >= 11 is 1.78. The molecule has 0 amide bonds. The highest BCUT2D eigenvalue weighted by Crippen LogP contribution is 2.39. The van der Waals surface area contributed by atoms with Crippen LogP contribution in [0.4, 0.5) is 0 Å². The van der Waals surface area contributed by atoms with E-state index in [0.29, 0.717) is 0 Å². The molecule has 0 saturated carbocycles. The first-order chi connectivity index (χ1) is 13.2. The highest BCUT2D eigenvalue weighted by molar-refractivity contribution is 7.26. The summed E-state index contributed by atoms with van der Waals surface area (Å²) < 4.78 is 2.43. The number of rotatable bonds is 2. The van der Waals surface area contributed by atoms with E-state index in [-0.39, 0.29) is 0 Å². The van der Waals surface area contributed by atoms with Crippen molar-refractivity contribution in [2.45, 2.75) is 13.8 Å². The third kappa shape index (κ3) is 2.81. The van der Waals surface area contributed by atoms with Crippen LogP contribution >= 0.6 is 11.3 Å². The van der Waals surface area contributed by atoms with Crippen LogP contribution in [0.15, 0.2) is 72.8 Å². The Morgan fingerprint density at radius 1 is 0.704 bits per heavy atom. The van der Waals surface area contributed by atoms with Gasteiger partial charge in [-0.2, -0.15) is 0 Å². The summed E-state index contributed by atoms with van der Waals surface area (Å²) in [6, 6.07) is 25.7. The Kier molecular flexibility index (Phi) is 3.76.